The number of non-ortho nitro benzene ring substituents is 1. The van der Waals surface area contributed by atoms with E-state index in [0.717, 1.165) is 0 Å². The second-order valence-corrected chi connectivity index (χ2v) is 3.92. The molecule has 0 radical (unpaired) electrons. The Morgan fingerprint density at radius 2 is 2.25 bits per heavy atom. The van der Waals surface area contributed by atoms with Crippen LogP contribution in [0.25, 0.3) is 0 Å². The Labute approximate surface area is 100 Å². The van der Waals surface area contributed by atoms with Crippen LogP contribution in [0.4, 0.5) is 5.69 Å². The Hall–Kier alpha value is -1.69. The lowest BCUT2D eigenvalue weighted by Gasteiger charge is -2.06. The normalized spacial score (nSPS) is 9.81. The molecule has 0 unspecified atom stereocenters. The predicted molar refractivity (Wildman–Crippen MR) is 63.2 cm³/mol. The molecule has 0 saturated carbocycles. The first-order valence-corrected chi connectivity index (χ1v) is 5.14. The average Bonchev–Trinajstić information content (AvgIpc) is 2.20. The smallest absolute Gasteiger partial charge is 0.271 e. The number of carbonyl (C=O) groups is 1. The molecule has 0 fully saturated rings. The van der Waals surface area contributed by atoms with Crippen molar-refractivity contribution < 1.29 is 9.72 Å². The van der Waals surface area contributed by atoms with Crippen LogP contribution in [0.1, 0.15) is 15.9 Å². The molecule has 5 nitrogen and oxygen atoms in total. The lowest BCUT2D eigenvalue weighted by Crippen LogP contribution is -2.14. The lowest BCUT2D eigenvalue weighted by atomic mass is 10.0. The Morgan fingerprint density at radius 3 is 2.69 bits per heavy atom. The summed E-state index contributed by atoms with van der Waals surface area (Å²) >= 11 is 3.18. The first-order chi connectivity index (χ1) is 7.47. The summed E-state index contributed by atoms with van der Waals surface area (Å²) in [4.78, 5) is 21.2. The van der Waals surface area contributed by atoms with Gasteiger partial charge in [0.15, 0.2) is 0 Å². The predicted octanol–water partition coefficient (Wildman–Crippen LogP) is 2.18. The number of allylic oxidation sites excluding steroid dienone is 1. The van der Waals surface area contributed by atoms with E-state index >= 15 is 0 Å². The summed E-state index contributed by atoms with van der Waals surface area (Å²) in [6.07, 6.45) is 2.01. The summed E-state index contributed by atoms with van der Waals surface area (Å²) in [6.45, 7) is 3.55. The number of nitrogens with zero attached hydrogens (tertiary/aromatic N) is 1. The summed E-state index contributed by atoms with van der Waals surface area (Å²) in [5.74, 6) is -0.693. The first kappa shape index (κ1) is 12.4. The zero-order valence-electron chi connectivity index (χ0n) is 8.27. The van der Waals surface area contributed by atoms with Gasteiger partial charge in [0, 0.05) is 16.6 Å². The lowest BCUT2D eigenvalue weighted by molar-refractivity contribution is -0.385. The molecule has 0 heterocycles. The second-order valence-electron chi connectivity index (χ2n) is 3.07. The molecule has 0 spiro atoms. The van der Waals surface area contributed by atoms with Crippen molar-refractivity contribution in [2.75, 3.05) is 0 Å². The van der Waals surface area contributed by atoms with Crippen molar-refractivity contribution in [3.8, 4) is 0 Å². The van der Waals surface area contributed by atoms with E-state index in [2.05, 4.69) is 22.5 Å². The fourth-order valence-electron chi connectivity index (χ4n) is 1.30. The quantitative estimate of drug-likeness (QED) is 0.522. The fourth-order valence-corrected chi connectivity index (χ4v) is 1.91. The Balaban J connectivity index is 3.44. The van der Waals surface area contributed by atoms with Gasteiger partial charge in [-0.2, -0.15) is 0 Å². The van der Waals surface area contributed by atoms with Crippen molar-refractivity contribution in [2.45, 2.75) is 6.42 Å². The van der Waals surface area contributed by atoms with E-state index in [-0.39, 0.29) is 11.3 Å². The van der Waals surface area contributed by atoms with Gasteiger partial charge >= 0.3 is 0 Å². The highest BCUT2D eigenvalue weighted by atomic mass is 79.9. The second kappa shape index (κ2) is 4.89. The van der Waals surface area contributed by atoms with Crippen molar-refractivity contribution in [1.82, 2.24) is 0 Å². The van der Waals surface area contributed by atoms with Crippen LogP contribution in [0.5, 0.6) is 0 Å². The molecule has 0 atom stereocenters. The zero-order chi connectivity index (χ0) is 12.3. The minimum absolute atomic E-state index is 0.140. The molecule has 6 heteroatoms. The number of amides is 1. The van der Waals surface area contributed by atoms with Gasteiger partial charge in [-0.25, -0.2) is 0 Å². The number of hydrogen-bond acceptors (Lipinski definition) is 3. The SMILES string of the molecule is C=CCc1c(Br)cc([N+](=O)[O-])cc1C(N)=O. The minimum atomic E-state index is -0.693. The number of nitro benzene ring substituents is 1. The minimum Gasteiger partial charge on any atom is -0.366 e. The van der Waals surface area contributed by atoms with Gasteiger partial charge < -0.3 is 5.73 Å². The van der Waals surface area contributed by atoms with Crippen LogP contribution in [-0.4, -0.2) is 10.8 Å². The monoisotopic (exact) mass is 284 g/mol. The van der Waals surface area contributed by atoms with Crippen molar-refractivity contribution in [1.29, 1.82) is 0 Å². The van der Waals surface area contributed by atoms with E-state index in [0.29, 0.717) is 16.5 Å². The summed E-state index contributed by atoms with van der Waals surface area (Å²) in [6, 6.07) is 2.51. The number of halogens is 1. The van der Waals surface area contributed by atoms with E-state index in [1.807, 2.05) is 0 Å². The van der Waals surface area contributed by atoms with Crippen LogP contribution < -0.4 is 5.73 Å². The number of nitro groups is 1. The van der Waals surface area contributed by atoms with Crippen LogP contribution in [-0.2, 0) is 6.42 Å². The zero-order valence-corrected chi connectivity index (χ0v) is 9.86. The maximum absolute atomic E-state index is 11.2. The Morgan fingerprint density at radius 1 is 1.62 bits per heavy atom. The van der Waals surface area contributed by atoms with Gasteiger partial charge in [-0.05, 0) is 12.0 Å². The van der Waals surface area contributed by atoms with Crippen molar-refractivity contribution in [2.24, 2.45) is 5.73 Å². The topological polar surface area (TPSA) is 86.2 Å². The first-order valence-electron chi connectivity index (χ1n) is 4.35. The standard InChI is InChI=1S/C10H9BrN2O3/c1-2-3-7-8(10(12)14)4-6(13(15)16)5-9(7)11/h2,4-5H,1,3H2,(H2,12,14). The Kier molecular flexibility index (Phi) is 3.78. The molecule has 0 aliphatic carbocycles. The molecule has 0 aliphatic heterocycles. The molecule has 1 amide bonds. The number of rotatable bonds is 4. The molecule has 0 aromatic heterocycles. The highest BCUT2D eigenvalue weighted by Gasteiger charge is 2.17. The van der Waals surface area contributed by atoms with Crippen LogP contribution >= 0.6 is 15.9 Å². The molecule has 1 aromatic rings. The number of benzene rings is 1. The van der Waals surface area contributed by atoms with E-state index in [9.17, 15) is 14.9 Å². The number of nitrogens with two attached hydrogens (primary N) is 1. The average molecular weight is 285 g/mol. The number of hydrogen-bond donors (Lipinski definition) is 1. The van der Waals surface area contributed by atoms with Crippen LogP contribution in [0.3, 0.4) is 0 Å². The molecule has 1 rings (SSSR count). The van der Waals surface area contributed by atoms with Gasteiger partial charge in [0.2, 0.25) is 5.91 Å². The van der Waals surface area contributed by atoms with Crippen molar-refractivity contribution >= 4 is 27.5 Å². The molecule has 1 aromatic carbocycles. The van der Waals surface area contributed by atoms with Gasteiger partial charge in [0.1, 0.15) is 0 Å². The summed E-state index contributed by atoms with van der Waals surface area (Å²) in [7, 11) is 0. The number of primary amides is 1. The van der Waals surface area contributed by atoms with Crippen LogP contribution in [0.15, 0.2) is 29.3 Å². The van der Waals surface area contributed by atoms with Crippen molar-refractivity contribution in [3.63, 3.8) is 0 Å². The fraction of sp³-hybridized carbons (Fsp3) is 0.100. The summed E-state index contributed by atoms with van der Waals surface area (Å²) < 4.78 is 0.482. The molecular formula is C10H9BrN2O3. The molecule has 2 N–H and O–H groups in total. The van der Waals surface area contributed by atoms with E-state index in [4.69, 9.17) is 5.73 Å². The largest absolute Gasteiger partial charge is 0.366 e. The maximum atomic E-state index is 11.2. The third-order valence-electron chi connectivity index (χ3n) is 2.00. The van der Waals surface area contributed by atoms with Crippen molar-refractivity contribution in [3.05, 3.63) is 50.5 Å². The van der Waals surface area contributed by atoms with Crippen LogP contribution in [0.2, 0.25) is 0 Å². The summed E-state index contributed by atoms with van der Waals surface area (Å²) in [5.41, 5.74) is 5.74. The van der Waals surface area contributed by atoms with E-state index < -0.39 is 10.8 Å². The highest BCUT2D eigenvalue weighted by molar-refractivity contribution is 9.10. The number of carbonyl (C=O) groups excluding carboxylic acids is 1. The van der Waals surface area contributed by atoms with E-state index in [1.54, 1.807) is 6.08 Å². The maximum Gasteiger partial charge on any atom is 0.271 e. The Bertz CT molecular complexity index is 471. The molecule has 0 saturated heterocycles. The highest BCUT2D eigenvalue weighted by Crippen LogP contribution is 2.27. The molecule has 0 bridgehead atoms. The molecule has 16 heavy (non-hydrogen) atoms. The van der Waals surface area contributed by atoms with Crippen LogP contribution in [0, 0.1) is 10.1 Å². The molecular weight excluding hydrogens is 276 g/mol. The van der Waals surface area contributed by atoms with Gasteiger partial charge in [-0.1, -0.05) is 22.0 Å². The van der Waals surface area contributed by atoms with Gasteiger partial charge in [0.25, 0.3) is 5.69 Å². The third kappa shape index (κ3) is 2.46. The van der Waals surface area contributed by atoms with E-state index in [1.165, 1.54) is 12.1 Å². The third-order valence-corrected chi connectivity index (χ3v) is 2.71. The van der Waals surface area contributed by atoms with Gasteiger partial charge in [-0.15, -0.1) is 6.58 Å². The molecule has 0 aliphatic rings. The summed E-state index contributed by atoms with van der Waals surface area (Å²) in [5, 5.41) is 10.6. The molecule has 84 valence electrons. The van der Waals surface area contributed by atoms with Gasteiger partial charge in [0.05, 0.1) is 10.5 Å². The van der Waals surface area contributed by atoms with Gasteiger partial charge in [-0.3, -0.25) is 14.9 Å².